The van der Waals surface area contributed by atoms with Crippen molar-refractivity contribution in [1.82, 2.24) is 10.6 Å². The number of carboxylic acids is 1. The number of carboxylic acid groups (broad SMARTS) is 1. The van der Waals surface area contributed by atoms with Gasteiger partial charge in [-0.25, -0.2) is 9.59 Å². The van der Waals surface area contributed by atoms with E-state index in [9.17, 15) is 19.5 Å². The largest absolute Gasteiger partial charge is 0.478 e. The number of nitrogens with one attached hydrogen (secondary N) is 3. The van der Waals surface area contributed by atoms with Gasteiger partial charge < -0.3 is 26.8 Å². The molecule has 3 amide bonds. The molecule has 9 nitrogen and oxygen atoms in total. The molecule has 9 heteroatoms. The summed E-state index contributed by atoms with van der Waals surface area (Å²) in [7, 11) is 0. The van der Waals surface area contributed by atoms with Gasteiger partial charge in [-0.3, -0.25) is 4.79 Å². The SMILES string of the molecule is N#Cc1ccc(NC(=O)NCc2cc(C(N)=O)ccc2C2NCCc3cc(C(=O)O)ccc32)cc1. The number of rotatable bonds is 6. The van der Waals surface area contributed by atoms with Gasteiger partial charge >= 0.3 is 12.0 Å². The summed E-state index contributed by atoms with van der Waals surface area (Å²) in [5.41, 5.74) is 10.5. The summed E-state index contributed by atoms with van der Waals surface area (Å²) in [5, 5.41) is 27.2. The molecule has 3 aromatic rings. The first-order valence-electron chi connectivity index (χ1n) is 10.9. The number of carbonyl (C=O) groups is 3. The van der Waals surface area contributed by atoms with E-state index in [0.29, 0.717) is 35.3 Å². The third kappa shape index (κ3) is 5.29. The first-order chi connectivity index (χ1) is 16.9. The van der Waals surface area contributed by atoms with E-state index in [-0.39, 0.29) is 18.2 Å². The third-order valence-electron chi connectivity index (χ3n) is 5.89. The van der Waals surface area contributed by atoms with Crippen molar-refractivity contribution in [1.29, 1.82) is 5.26 Å². The molecule has 3 aromatic carbocycles. The van der Waals surface area contributed by atoms with E-state index in [0.717, 1.165) is 16.7 Å². The molecule has 1 heterocycles. The normalized spacial score (nSPS) is 14.3. The summed E-state index contributed by atoms with van der Waals surface area (Å²) in [4.78, 5) is 35.7. The van der Waals surface area contributed by atoms with Gasteiger partial charge in [0, 0.05) is 24.3 Å². The van der Waals surface area contributed by atoms with Gasteiger partial charge in [0.2, 0.25) is 5.91 Å². The number of hydrogen-bond donors (Lipinski definition) is 5. The highest BCUT2D eigenvalue weighted by molar-refractivity contribution is 5.93. The van der Waals surface area contributed by atoms with E-state index in [1.54, 1.807) is 60.7 Å². The molecule has 6 N–H and O–H groups in total. The Balaban J connectivity index is 1.59. The fourth-order valence-corrected chi connectivity index (χ4v) is 4.15. The first-order valence-corrected chi connectivity index (χ1v) is 10.9. The van der Waals surface area contributed by atoms with E-state index in [1.807, 2.05) is 6.07 Å². The standard InChI is InChI=1S/C26H23N5O4/c27-13-15-1-5-20(6-2-15)31-26(35)30-14-19-12-17(24(28)32)3-7-22(19)23-21-8-4-18(25(33)34)11-16(21)9-10-29-23/h1-8,11-12,23,29H,9-10,14H2,(H2,28,32)(H,33,34)(H2,30,31,35). The highest BCUT2D eigenvalue weighted by Gasteiger charge is 2.25. The number of anilines is 1. The molecule has 4 rings (SSSR count). The van der Waals surface area contributed by atoms with E-state index < -0.39 is 17.9 Å². The molecule has 1 aliphatic rings. The molecule has 0 bridgehead atoms. The van der Waals surface area contributed by atoms with Crippen LogP contribution >= 0.6 is 0 Å². The predicted molar refractivity (Wildman–Crippen MR) is 129 cm³/mol. The van der Waals surface area contributed by atoms with Crippen LogP contribution in [0.5, 0.6) is 0 Å². The van der Waals surface area contributed by atoms with Crippen molar-refractivity contribution < 1.29 is 19.5 Å². The Morgan fingerprint density at radius 2 is 1.74 bits per heavy atom. The maximum atomic E-state index is 12.5. The second-order valence-corrected chi connectivity index (χ2v) is 8.13. The van der Waals surface area contributed by atoms with E-state index in [4.69, 9.17) is 11.0 Å². The van der Waals surface area contributed by atoms with Gasteiger partial charge in [-0.1, -0.05) is 12.1 Å². The maximum Gasteiger partial charge on any atom is 0.335 e. The number of primary amides is 1. The second-order valence-electron chi connectivity index (χ2n) is 8.13. The van der Waals surface area contributed by atoms with Crippen molar-refractivity contribution in [3.63, 3.8) is 0 Å². The zero-order valence-electron chi connectivity index (χ0n) is 18.7. The van der Waals surface area contributed by atoms with Crippen LogP contribution in [-0.4, -0.2) is 29.6 Å². The number of hydrogen-bond acceptors (Lipinski definition) is 5. The van der Waals surface area contributed by atoms with Gasteiger partial charge in [-0.15, -0.1) is 0 Å². The van der Waals surface area contributed by atoms with Crippen LogP contribution in [0.3, 0.4) is 0 Å². The maximum absolute atomic E-state index is 12.5. The smallest absolute Gasteiger partial charge is 0.335 e. The summed E-state index contributed by atoms with van der Waals surface area (Å²) in [6, 6.07) is 17.9. The number of fused-ring (bicyclic) bond motifs is 1. The van der Waals surface area contributed by atoms with Crippen LogP contribution in [0.1, 0.15) is 54.6 Å². The molecule has 176 valence electrons. The number of aromatic carboxylic acids is 1. The van der Waals surface area contributed by atoms with Gasteiger partial charge in [0.15, 0.2) is 0 Å². The summed E-state index contributed by atoms with van der Waals surface area (Å²) in [6.45, 7) is 0.768. The number of nitrogens with zero attached hydrogens (tertiary/aromatic N) is 1. The lowest BCUT2D eigenvalue weighted by Crippen LogP contribution is -2.33. The molecular formula is C26H23N5O4. The summed E-state index contributed by atoms with van der Waals surface area (Å²) in [5.74, 6) is -1.56. The zero-order valence-corrected chi connectivity index (χ0v) is 18.7. The van der Waals surface area contributed by atoms with Crippen molar-refractivity contribution >= 4 is 23.6 Å². The molecule has 35 heavy (non-hydrogen) atoms. The van der Waals surface area contributed by atoms with Crippen LogP contribution in [0.2, 0.25) is 0 Å². The lowest BCUT2D eigenvalue weighted by molar-refractivity contribution is 0.0696. The van der Waals surface area contributed by atoms with E-state index in [1.165, 1.54) is 0 Å². The van der Waals surface area contributed by atoms with Gasteiger partial charge in [-0.05, 0) is 77.2 Å². The minimum Gasteiger partial charge on any atom is -0.478 e. The topological polar surface area (TPSA) is 157 Å². The number of benzene rings is 3. The highest BCUT2D eigenvalue weighted by atomic mass is 16.4. The first kappa shape index (κ1) is 23.5. The molecule has 0 aromatic heterocycles. The molecule has 0 saturated carbocycles. The van der Waals surface area contributed by atoms with Crippen LogP contribution in [0.25, 0.3) is 0 Å². The molecular weight excluding hydrogens is 446 g/mol. The molecule has 0 fully saturated rings. The molecule has 1 aliphatic heterocycles. The zero-order chi connectivity index (χ0) is 24.9. The van der Waals surface area contributed by atoms with Crippen LogP contribution in [-0.2, 0) is 13.0 Å². The second kappa shape index (κ2) is 10.1. The predicted octanol–water partition coefficient (Wildman–Crippen LogP) is 2.91. The molecule has 1 atom stereocenters. The van der Waals surface area contributed by atoms with Gasteiger partial charge in [-0.2, -0.15) is 5.26 Å². The number of carbonyl (C=O) groups excluding carboxylic acids is 2. The average molecular weight is 470 g/mol. The highest BCUT2D eigenvalue weighted by Crippen LogP contribution is 2.32. The number of nitrogens with two attached hydrogens (primary N) is 1. The fraction of sp³-hybridized carbons (Fsp3) is 0.154. The lowest BCUT2D eigenvalue weighted by Gasteiger charge is -2.29. The van der Waals surface area contributed by atoms with Crippen molar-refractivity contribution in [2.75, 3.05) is 11.9 Å². The van der Waals surface area contributed by atoms with Crippen LogP contribution in [0.4, 0.5) is 10.5 Å². The van der Waals surface area contributed by atoms with E-state index in [2.05, 4.69) is 16.0 Å². The molecule has 0 radical (unpaired) electrons. The van der Waals surface area contributed by atoms with Crippen molar-refractivity contribution in [2.45, 2.75) is 19.0 Å². The quantitative estimate of drug-likeness (QED) is 0.373. The van der Waals surface area contributed by atoms with Gasteiger partial charge in [0.1, 0.15) is 0 Å². The Morgan fingerprint density at radius 3 is 2.43 bits per heavy atom. The van der Waals surface area contributed by atoms with Crippen molar-refractivity contribution in [3.05, 3.63) is 99.6 Å². The van der Waals surface area contributed by atoms with E-state index >= 15 is 0 Å². The number of amides is 3. The van der Waals surface area contributed by atoms with Gasteiger partial charge in [0.05, 0.1) is 23.2 Å². The summed E-state index contributed by atoms with van der Waals surface area (Å²) in [6.07, 6.45) is 0.687. The van der Waals surface area contributed by atoms with Gasteiger partial charge in [0.25, 0.3) is 0 Å². The Kier molecular flexibility index (Phi) is 6.76. The molecule has 1 unspecified atom stereocenters. The number of urea groups is 1. The Morgan fingerprint density at radius 1 is 1.03 bits per heavy atom. The van der Waals surface area contributed by atoms with Crippen molar-refractivity contribution in [2.24, 2.45) is 5.73 Å². The third-order valence-corrected chi connectivity index (χ3v) is 5.89. The minimum atomic E-state index is -0.980. The Hall–Kier alpha value is -4.68. The fourth-order valence-electron chi connectivity index (χ4n) is 4.15. The lowest BCUT2D eigenvalue weighted by atomic mass is 9.86. The number of nitriles is 1. The van der Waals surface area contributed by atoms with Crippen LogP contribution in [0, 0.1) is 11.3 Å². The monoisotopic (exact) mass is 469 g/mol. The molecule has 0 saturated heterocycles. The summed E-state index contributed by atoms with van der Waals surface area (Å²) < 4.78 is 0. The van der Waals surface area contributed by atoms with Crippen LogP contribution < -0.4 is 21.7 Å². The average Bonchev–Trinajstić information content (AvgIpc) is 2.87. The molecule has 0 aliphatic carbocycles. The van der Waals surface area contributed by atoms with Crippen LogP contribution in [0.15, 0.2) is 60.7 Å². The Bertz CT molecular complexity index is 1340. The van der Waals surface area contributed by atoms with Crippen molar-refractivity contribution in [3.8, 4) is 6.07 Å². The Labute approximate surface area is 201 Å². The molecule has 0 spiro atoms. The minimum absolute atomic E-state index is 0.124. The summed E-state index contributed by atoms with van der Waals surface area (Å²) >= 11 is 0.